The quantitative estimate of drug-likeness (QED) is 0.826. The molecule has 0 saturated heterocycles. The molecule has 1 saturated carbocycles. The van der Waals surface area contributed by atoms with Crippen LogP contribution in [0.2, 0.25) is 0 Å². The number of nitrogens with one attached hydrogen (secondary N) is 1. The number of alkyl halides is 1. The summed E-state index contributed by atoms with van der Waals surface area (Å²) < 4.78 is 5.37. The first-order valence-corrected chi connectivity index (χ1v) is 6.15. The highest BCUT2D eigenvalue weighted by Crippen LogP contribution is 2.22. The van der Waals surface area contributed by atoms with Gasteiger partial charge in [0.2, 0.25) is 0 Å². The number of amides is 1. The maximum absolute atomic E-state index is 11.8. The zero-order chi connectivity index (χ0) is 11.5. The monoisotopic (exact) mass is 241 g/mol. The Balaban J connectivity index is 1.97. The predicted octanol–water partition coefficient (Wildman–Crippen LogP) is 3.25. The lowest BCUT2D eigenvalue weighted by Crippen LogP contribution is -2.32. The average Bonchev–Trinajstić information content (AvgIpc) is 2.86. The maximum Gasteiger partial charge on any atom is 0.287 e. The largest absolute Gasteiger partial charge is 0.454 e. The van der Waals surface area contributed by atoms with Gasteiger partial charge in [-0.05, 0) is 31.9 Å². The van der Waals surface area contributed by atoms with Crippen LogP contribution in [0.4, 0.5) is 0 Å². The summed E-state index contributed by atoms with van der Waals surface area (Å²) in [5, 5.41) is 2.77. The van der Waals surface area contributed by atoms with Gasteiger partial charge in [0.05, 0.1) is 5.38 Å². The molecule has 4 heteroatoms. The Morgan fingerprint density at radius 1 is 1.50 bits per heavy atom. The van der Waals surface area contributed by atoms with Crippen molar-refractivity contribution in [1.82, 2.24) is 5.32 Å². The van der Waals surface area contributed by atoms with Crippen molar-refractivity contribution in [3.05, 3.63) is 23.7 Å². The molecule has 3 nitrogen and oxygen atoms in total. The predicted molar refractivity (Wildman–Crippen MR) is 62.7 cm³/mol. The third-order valence-electron chi connectivity index (χ3n) is 2.93. The topological polar surface area (TPSA) is 42.2 Å². The number of hydrogen-bond donors (Lipinski definition) is 1. The van der Waals surface area contributed by atoms with Crippen molar-refractivity contribution in [3.8, 4) is 0 Å². The summed E-state index contributed by atoms with van der Waals surface area (Å²) in [6, 6.07) is 3.74. The first-order valence-electron chi connectivity index (χ1n) is 5.71. The number of carbonyl (C=O) groups is 1. The smallest absolute Gasteiger partial charge is 0.287 e. The zero-order valence-electron chi connectivity index (χ0n) is 9.33. The fourth-order valence-corrected chi connectivity index (χ4v) is 2.13. The second-order valence-corrected chi connectivity index (χ2v) is 4.93. The van der Waals surface area contributed by atoms with Crippen LogP contribution < -0.4 is 5.32 Å². The van der Waals surface area contributed by atoms with Crippen molar-refractivity contribution in [2.75, 3.05) is 0 Å². The minimum absolute atomic E-state index is 0.129. The second kappa shape index (κ2) is 4.91. The van der Waals surface area contributed by atoms with Gasteiger partial charge in [-0.1, -0.05) is 12.8 Å². The van der Waals surface area contributed by atoms with E-state index in [4.69, 9.17) is 16.0 Å². The fourth-order valence-electron chi connectivity index (χ4n) is 2.02. The highest BCUT2D eigenvalue weighted by molar-refractivity contribution is 6.20. The SMILES string of the molecule is CC(Cl)c1ccc(C(=O)NC2CCCC2)o1. The van der Waals surface area contributed by atoms with E-state index in [1.54, 1.807) is 12.1 Å². The summed E-state index contributed by atoms with van der Waals surface area (Å²) in [6.45, 7) is 1.82. The van der Waals surface area contributed by atoms with Crippen LogP contribution in [0.1, 0.15) is 54.3 Å². The molecule has 1 aliphatic rings. The van der Waals surface area contributed by atoms with Crippen LogP contribution in [-0.4, -0.2) is 11.9 Å². The molecule has 1 heterocycles. The molecule has 16 heavy (non-hydrogen) atoms. The van der Waals surface area contributed by atoms with E-state index in [-0.39, 0.29) is 11.3 Å². The molecule has 0 aromatic carbocycles. The van der Waals surface area contributed by atoms with Crippen molar-refractivity contribution < 1.29 is 9.21 Å². The molecule has 1 N–H and O–H groups in total. The number of halogens is 1. The van der Waals surface area contributed by atoms with Crippen molar-refractivity contribution in [2.24, 2.45) is 0 Å². The van der Waals surface area contributed by atoms with Crippen LogP contribution in [-0.2, 0) is 0 Å². The van der Waals surface area contributed by atoms with Crippen LogP contribution in [0.15, 0.2) is 16.5 Å². The molecule has 2 rings (SSSR count). The van der Waals surface area contributed by atoms with Gasteiger partial charge in [0.25, 0.3) is 5.91 Å². The third kappa shape index (κ3) is 2.59. The van der Waals surface area contributed by atoms with E-state index in [2.05, 4.69) is 5.32 Å². The molecule has 1 amide bonds. The van der Waals surface area contributed by atoms with E-state index in [9.17, 15) is 4.79 Å². The minimum Gasteiger partial charge on any atom is -0.454 e. The van der Waals surface area contributed by atoms with Crippen molar-refractivity contribution >= 4 is 17.5 Å². The van der Waals surface area contributed by atoms with Crippen molar-refractivity contribution in [2.45, 2.75) is 44.0 Å². The molecule has 0 radical (unpaired) electrons. The van der Waals surface area contributed by atoms with Crippen LogP contribution in [0.5, 0.6) is 0 Å². The van der Waals surface area contributed by atoms with Crippen molar-refractivity contribution in [1.29, 1.82) is 0 Å². The van der Waals surface area contributed by atoms with Gasteiger partial charge in [-0.3, -0.25) is 4.79 Å². The average molecular weight is 242 g/mol. The Morgan fingerprint density at radius 2 is 2.19 bits per heavy atom. The summed E-state index contributed by atoms with van der Waals surface area (Å²) in [5.41, 5.74) is 0. The van der Waals surface area contributed by atoms with E-state index in [1.165, 1.54) is 12.8 Å². The third-order valence-corrected chi connectivity index (χ3v) is 3.15. The molecule has 88 valence electrons. The molecule has 1 unspecified atom stereocenters. The summed E-state index contributed by atoms with van der Waals surface area (Å²) >= 11 is 5.87. The van der Waals surface area contributed by atoms with Crippen LogP contribution in [0, 0.1) is 0 Å². The number of furan rings is 1. The highest BCUT2D eigenvalue weighted by atomic mass is 35.5. The number of carbonyl (C=O) groups excluding carboxylic acids is 1. The van der Waals surface area contributed by atoms with E-state index >= 15 is 0 Å². The summed E-state index contributed by atoms with van der Waals surface area (Å²) in [7, 11) is 0. The zero-order valence-corrected chi connectivity index (χ0v) is 10.1. The van der Waals surface area contributed by atoms with Gasteiger partial charge in [0.15, 0.2) is 5.76 Å². The summed E-state index contributed by atoms with van der Waals surface area (Å²) in [6.07, 6.45) is 4.55. The maximum atomic E-state index is 11.8. The van der Waals surface area contributed by atoms with Gasteiger partial charge in [-0.2, -0.15) is 0 Å². The molecule has 0 aliphatic heterocycles. The molecule has 1 atom stereocenters. The molecule has 1 aromatic rings. The first kappa shape index (κ1) is 11.5. The number of hydrogen-bond acceptors (Lipinski definition) is 2. The Kier molecular flexibility index (Phi) is 3.54. The Hall–Kier alpha value is -0.960. The summed E-state index contributed by atoms with van der Waals surface area (Å²) in [5.74, 6) is 0.864. The lowest BCUT2D eigenvalue weighted by atomic mass is 10.2. The van der Waals surface area contributed by atoms with E-state index in [1.807, 2.05) is 6.92 Å². The van der Waals surface area contributed by atoms with Crippen LogP contribution >= 0.6 is 11.6 Å². The molecule has 1 fully saturated rings. The highest BCUT2D eigenvalue weighted by Gasteiger charge is 2.20. The summed E-state index contributed by atoms with van der Waals surface area (Å²) in [4.78, 5) is 11.8. The van der Waals surface area contributed by atoms with Crippen LogP contribution in [0.25, 0.3) is 0 Å². The van der Waals surface area contributed by atoms with Gasteiger partial charge in [-0.15, -0.1) is 11.6 Å². The molecule has 1 aliphatic carbocycles. The normalized spacial score (nSPS) is 18.6. The van der Waals surface area contributed by atoms with Crippen molar-refractivity contribution in [3.63, 3.8) is 0 Å². The van der Waals surface area contributed by atoms with Gasteiger partial charge in [0.1, 0.15) is 5.76 Å². The minimum atomic E-state index is -0.201. The van der Waals surface area contributed by atoms with E-state index in [0.29, 0.717) is 17.6 Å². The molecule has 0 spiro atoms. The van der Waals surface area contributed by atoms with E-state index in [0.717, 1.165) is 12.8 Å². The molecule has 1 aromatic heterocycles. The Labute approximate surface area is 100 Å². The van der Waals surface area contributed by atoms with Gasteiger partial charge >= 0.3 is 0 Å². The first-order chi connectivity index (χ1) is 7.66. The molecular weight excluding hydrogens is 226 g/mol. The van der Waals surface area contributed by atoms with Gasteiger partial charge in [0, 0.05) is 6.04 Å². The molecular formula is C12H16ClNO2. The lowest BCUT2D eigenvalue weighted by Gasteiger charge is -2.09. The van der Waals surface area contributed by atoms with Gasteiger partial charge in [-0.25, -0.2) is 0 Å². The molecule has 0 bridgehead atoms. The second-order valence-electron chi connectivity index (χ2n) is 4.27. The Bertz CT molecular complexity index is 367. The van der Waals surface area contributed by atoms with E-state index < -0.39 is 0 Å². The van der Waals surface area contributed by atoms with Gasteiger partial charge < -0.3 is 9.73 Å². The standard InChI is InChI=1S/C12H16ClNO2/c1-8(13)10-6-7-11(16-10)12(15)14-9-4-2-3-5-9/h6-9H,2-5H2,1H3,(H,14,15). The Morgan fingerprint density at radius 3 is 2.75 bits per heavy atom. The number of rotatable bonds is 3. The van der Waals surface area contributed by atoms with Crippen LogP contribution in [0.3, 0.4) is 0 Å². The lowest BCUT2D eigenvalue weighted by molar-refractivity contribution is 0.0908. The fraction of sp³-hybridized carbons (Fsp3) is 0.583.